The van der Waals surface area contributed by atoms with E-state index in [2.05, 4.69) is 10.6 Å². The van der Waals surface area contributed by atoms with E-state index >= 15 is 0 Å². The molecule has 0 saturated carbocycles. The van der Waals surface area contributed by atoms with E-state index in [4.69, 9.17) is 9.47 Å². The normalized spacial score (nSPS) is 20.9. The molecule has 2 amide bonds. The molecule has 2 aromatic carbocycles. The fourth-order valence-corrected chi connectivity index (χ4v) is 3.61. The number of aryl methyl sites for hydroxylation is 1. The van der Waals surface area contributed by atoms with Crippen LogP contribution in [0.5, 0.6) is 0 Å². The van der Waals surface area contributed by atoms with Crippen LogP contribution < -0.4 is 10.6 Å². The molecule has 172 valence electrons. The molecule has 2 aromatic rings. The van der Waals surface area contributed by atoms with Gasteiger partial charge in [0.25, 0.3) is 0 Å². The molecule has 7 heteroatoms. The lowest BCUT2D eigenvalue weighted by Crippen LogP contribution is -2.53. The van der Waals surface area contributed by atoms with Crippen LogP contribution in [-0.2, 0) is 25.5 Å². The van der Waals surface area contributed by atoms with Crippen LogP contribution in [0.25, 0.3) is 0 Å². The van der Waals surface area contributed by atoms with Gasteiger partial charge in [0.2, 0.25) is 11.8 Å². The van der Waals surface area contributed by atoms with E-state index in [-0.39, 0.29) is 36.6 Å². The molecule has 1 aliphatic heterocycles. The fraction of sp³-hybridized carbons (Fsp3) is 0.440. The van der Waals surface area contributed by atoms with Gasteiger partial charge < -0.3 is 20.1 Å². The highest BCUT2D eigenvalue weighted by Gasteiger charge is 2.43. The van der Waals surface area contributed by atoms with Crippen LogP contribution >= 0.6 is 0 Å². The number of amides is 2. The van der Waals surface area contributed by atoms with Crippen molar-refractivity contribution in [1.29, 1.82) is 0 Å². The van der Waals surface area contributed by atoms with Gasteiger partial charge in [-0.2, -0.15) is 0 Å². The standard InChI is InChI=1S/C25H31FN2O4/c1-17(28-21(29)14-13-18-9-7-8-12-20(18)26)15-27-23(30)22-25(2,3)16-31-24(32-22)19-10-5-4-6-11-19/h4-12,17,22,24H,13-16H2,1-3H3,(H,27,30)(H,28,29)/t17-,22+,24?/m1/s1. The summed E-state index contributed by atoms with van der Waals surface area (Å²) in [6, 6.07) is 15.6. The molecular formula is C25H31FN2O4. The van der Waals surface area contributed by atoms with Crippen LogP contribution in [-0.4, -0.2) is 37.1 Å². The summed E-state index contributed by atoms with van der Waals surface area (Å²) in [6.45, 7) is 6.30. The third-order valence-electron chi connectivity index (χ3n) is 5.46. The Hall–Kier alpha value is -2.77. The predicted octanol–water partition coefficient (Wildman–Crippen LogP) is 3.52. The molecule has 1 fully saturated rings. The molecule has 3 atom stereocenters. The maximum absolute atomic E-state index is 13.7. The van der Waals surface area contributed by atoms with Crippen LogP contribution in [0.4, 0.5) is 4.39 Å². The topological polar surface area (TPSA) is 76.7 Å². The van der Waals surface area contributed by atoms with E-state index in [0.717, 1.165) is 5.56 Å². The summed E-state index contributed by atoms with van der Waals surface area (Å²) in [5, 5.41) is 5.72. The number of carbonyl (C=O) groups is 2. The van der Waals surface area contributed by atoms with Crippen LogP contribution in [0, 0.1) is 11.2 Å². The average molecular weight is 443 g/mol. The largest absolute Gasteiger partial charge is 0.352 e. The quantitative estimate of drug-likeness (QED) is 0.656. The van der Waals surface area contributed by atoms with E-state index in [9.17, 15) is 14.0 Å². The third kappa shape index (κ3) is 6.37. The number of carbonyl (C=O) groups excluding carboxylic acids is 2. The van der Waals surface area contributed by atoms with Gasteiger partial charge in [-0.25, -0.2) is 4.39 Å². The Kier molecular flexibility index (Phi) is 7.99. The summed E-state index contributed by atoms with van der Waals surface area (Å²) in [4.78, 5) is 25.1. The Morgan fingerprint density at radius 2 is 1.81 bits per heavy atom. The van der Waals surface area contributed by atoms with Crippen LogP contribution in [0.1, 0.15) is 44.6 Å². The zero-order valence-corrected chi connectivity index (χ0v) is 18.8. The van der Waals surface area contributed by atoms with Crippen molar-refractivity contribution in [3.8, 4) is 0 Å². The van der Waals surface area contributed by atoms with E-state index in [0.29, 0.717) is 18.6 Å². The lowest BCUT2D eigenvalue weighted by Gasteiger charge is -2.41. The van der Waals surface area contributed by atoms with Crippen molar-refractivity contribution in [1.82, 2.24) is 10.6 Å². The Balaban J connectivity index is 1.47. The summed E-state index contributed by atoms with van der Waals surface area (Å²) in [6.07, 6.45) is -0.794. The van der Waals surface area contributed by atoms with Gasteiger partial charge in [0.15, 0.2) is 6.29 Å². The summed E-state index contributed by atoms with van der Waals surface area (Å²) in [5.41, 5.74) is 0.869. The van der Waals surface area contributed by atoms with E-state index in [1.165, 1.54) is 6.07 Å². The molecule has 6 nitrogen and oxygen atoms in total. The zero-order chi connectivity index (χ0) is 23.1. The molecule has 1 aliphatic rings. The maximum atomic E-state index is 13.7. The highest BCUT2D eigenvalue weighted by molar-refractivity contribution is 5.82. The monoisotopic (exact) mass is 442 g/mol. The second kappa shape index (κ2) is 10.7. The molecule has 3 rings (SSSR count). The fourth-order valence-electron chi connectivity index (χ4n) is 3.61. The average Bonchev–Trinajstić information content (AvgIpc) is 2.77. The molecule has 32 heavy (non-hydrogen) atoms. The number of ether oxygens (including phenoxy) is 2. The zero-order valence-electron chi connectivity index (χ0n) is 18.8. The summed E-state index contributed by atoms with van der Waals surface area (Å²) in [7, 11) is 0. The minimum absolute atomic E-state index is 0.175. The Bertz CT molecular complexity index is 919. The minimum atomic E-state index is -0.689. The molecule has 0 bridgehead atoms. The van der Waals surface area contributed by atoms with Gasteiger partial charge in [0.05, 0.1) is 6.61 Å². The summed E-state index contributed by atoms with van der Waals surface area (Å²) in [5.74, 6) is -0.748. The van der Waals surface area contributed by atoms with Crippen molar-refractivity contribution in [2.24, 2.45) is 5.41 Å². The van der Waals surface area contributed by atoms with Gasteiger partial charge in [-0.3, -0.25) is 9.59 Å². The summed E-state index contributed by atoms with van der Waals surface area (Å²) >= 11 is 0. The molecule has 0 aromatic heterocycles. The van der Waals surface area contributed by atoms with Gasteiger partial charge in [0, 0.05) is 30.0 Å². The van der Waals surface area contributed by atoms with Gasteiger partial charge in [-0.1, -0.05) is 62.4 Å². The van der Waals surface area contributed by atoms with Crippen LogP contribution in [0.2, 0.25) is 0 Å². The van der Waals surface area contributed by atoms with Crippen molar-refractivity contribution in [2.75, 3.05) is 13.2 Å². The lowest BCUT2D eigenvalue weighted by atomic mass is 9.85. The summed E-state index contributed by atoms with van der Waals surface area (Å²) < 4.78 is 25.5. The highest BCUT2D eigenvalue weighted by atomic mass is 19.1. The molecular weight excluding hydrogens is 411 g/mol. The van der Waals surface area contributed by atoms with E-state index in [1.54, 1.807) is 18.2 Å². The van der Waals surface area contributed by atoms with Crippen molar-refractivity contribution in [3.63, 3.8) is 0 Å². The first kappa shape index (κ1) is 23.9. The van der Waals surface area contributed by atoms with Crippen molar-refractivity contribution < 1.29 is 23.5 Å². The van der Waals surface area contributed by atoms with Crippen molar-refractivity contribution >= 4 is 11.8 Å². The first-order valence-corrected chi connectivity index (χ1v) is 10.9. The van der Waals surface area contributed by atoms with Crippen LogP contribution in [0.15, 0.2) is 54.6 Å². The number of halogens is 1. The Morgan fingerprint density at radius 3 is 2.53 bits per heavy atom. The van der Waals surface area contributed by atoms with Crippen LogP contribution in [0.3, 0.4) is 0 Å². The minimum Gasteiger partial charge on any atom is -0.352 e. The molecule has 1 unspecified atom stereocenters. The molecule has 0 radical (unpaired) electrons. The number of benzene rings is 2. The Labute approximate surface area is 188 Å². The van der Waals surface area contributed by atoms with Gasteiger partial charge in [-0.15, -0.1) is 0 Å². The second-order valence-electron chi connectivity index (χ2n) is 8.86. The Morgan fingerprint density at radius 1 is 1.12 bits per heavy atom. The predicted molar refractivity (Wildman–Crippen MR) is 119 cm³/mol. The number of hydrogen-bond acceptors (Lipinski definition) is 4. The number of nitrogens with one attached hydrogen (secondary N) is 2. The molecule has 1 heterocycles. The first-order chi connectivity index (χ1) is 15.3. The second-order valence-corrected chi connectivity index (χ2v) is 8.86. The molecule has 0 spiro atoms. The van der Waals surface area contributed by atoms with Gasteiger partial charge >= 0.3 is 0 Å². The maximum Gasteiger partial charge on any atom is 0.249 e. The number of hydrogen-bond donors (Lipinski definition) is 2. The molecule has 2 N–H and O–H groups in total. The van der Waals surface area contributed by atoms with E-state index < -0.39 is 17.8 Å². The lowest BCUT2D eigenvalue weighted by molar-refractivity contribution is -0.258. The van der Waals surface area contributed by atoms with E-state index in [1.807, 2.05) is 51.1 Å². The highest BCUT2D eigenvalue weighted by Crippen LogP contribution is 2.36. The molecule has 1 saturated heterocycles. The molecule has 0 aliphatic carbocycles. The first-order valence-electron chi connectivity index (χ1n) is 10.9. The van der Waals surface area contributed by atoms with Gasteiger partial charge in [0.1, 0.15) is 11.9 Å². The number of rotatable bonds is 8. The van der Waals surface area contributed by atoms with Crippen molar-refractivity contribution in [2.45, 2.75) is 52.0 Å². The van der Waals surface area contributed by atoms with Gasteiger partial charge in [-0.05, 0) is 25.0 Å². The smallest absolute Gasteiger partial charge is 0.249 e. The SMILES string of the molecule is C[C@H](CNC(=O)[C@@H]1OC(c2ccccc2)OCC1(C)C)NC(=O)CCc1ccccc1F. The van der Waals surface area contributed by atoms with Crippen molar-refractivity contribution in [3.05, 3.63) is 71.5 Å². The third-order valence-corrected chi connectivity index (χ3v) is 5.46.